The summed E-state index contributed by atoms with van der Waals surface area (Å²) in [7, 11) is 0. The summed E-state index contributed by atoms with van der Waals surface area (Å²) in [6.07, 6.45) is 5.77. The Bertz CT molecular complexity index is 495. The highest BCUT2D eigenvalue weighted by Gasteiger charge is 2.19. The van der Waals surface area contributed by atoms with Gasteiger partial charge in [-0.05, 0) is 5.56 Å². The summed E-state index contributed by atoms with van der Waals surface area (Å²) >= 11 is 0. The molecule has 100 valence electrons. The number of aromatic nitrogens is 2. The molecule has 1 atom stereocenters. The van der Waals surface area contributed by atoms with Gasteiger partial charge in [-0.2, -0.15) is 0 Å². The number of rotatable bonds is 6. The van der Waals surface area contributed by atoms with Crippen molar-refractivity contribution in [2.45, 2.75) is 12.5 Å². The molecule has 0 fully saturated rings. The highest BCUT2D eigenvalue weighted by molar-refractivity contribution is 5.80. The molecule has 19 heavy (non-hydrogen) atoms. The number of nitrogens with one attached hydrogen (secondary N) is 1. The molecule has 2 aromatic rings. The number of amides is 1. The largest absolute Gasteiger partial charge is 0.353 e. The maximum atomic E-state index is 12.2. The van der Waals surface area contributed by atoms with Crippen LogP contribution in [0.15, 0.2) is 49.1 Å². The number of benzene rings is 1. The van der Waals surface area contributed by atoms with Gasteiger partial charge in [0.2, 0.25) is 5.91 Å². The lowest BCUT2D eigenvalue weighted by Crippen LogP contribution is -2.36. The van der Waals surface area contributed by atoms with E-state index in [0.717, 1.165) is 5.56 Å². The summed E-state index contributed by atoms with van der Waals surface area (Å²) in [6.45, 7) is 0.923. The Balaban J connectivity index is 2.13. The summed E-state index contributed by atoms with van der Waals surface area (Å²) in [6, 6.07) is 9.64. The molecule has 1 aromatic carbocycles. The van der Waals surface area contributed by atoms with E-state index in [0.29, 0.717) is 19.5 Å². The molecule has 3 N–H and O–H groups in total. The third kappa shape index (κ3) is 3.66. The first-order valence-corrected chi connectivity index (χ1v) is 6.30. The van der Waals surface area contributed by atoms with Crippen LogP contribution in [0.2, 0.25) is 0 Å². The Morgan fingerprint density at radius 3 is 2.79 bits per heavy atom. The van der Waals surface area contributed by atoms with E-state index >= 15 is 0 Å². The van der Waals surface area contributed by atoms with Crippen molar-refractivity contribution in [3.05, 3.63) is 54.6 Å². The van der Waals surface area contributed by atoms with E-state index in [1.807, 2.05) is 34.9 Å². The van der Waals surface area contributed by atoms with E-state index in [4.69, 9.17) is 5.73 Å². The van der Waals surface area contributed by atoms with Crippen molar-refractivity contribution in [1.29, 1.82) is 0 Å². The Kier molecular flexibility index (Phi) is 4.69. The van der Waals surface area contributed by atoms with Gasteiger partial charge in [0.25, 0.3) is 0 Å². The Morgan fingerprint density at radius 1 is 1.37 bits per heavy atom. The average molecular weight is 258 g/mol. The lowest BCUT2D eigenvalue weighted by molar-refractivity contribution is -0.124. The van der Waals surface area contributed by atoms with Crippen molar-refractivity contribution < 1.29 is 4.79 Å². The number of carbonyl (C=O) groups excluding carboxylic acids is 1. The van der Waals surface area contributed by atoms with Crippen LogP contribution in [0.1, 0.15) is 11.6 Å². The van der Waals surface area contributed by atoms with Crippen molar-refractivity contribution in [1.82, 2.24) is 14.9 Å². The normalized spacial score (nSPS) is 12.1. The number of hydrogen-bond acceptors (Lipinski definition) is 3. The molecule has 0 saturated carbocycles. The summed E-state index contributed by atoms with van der Waals surface area (Å²) in [5.74, 6) is -0.0349. The molecule has 2 rings (SSSR count). The van der Waals surface area contributed by atoms with Crippen molar-refractivity contribution >= 4 is 5.91 Å². The summed E-state index contributed by atoms with van der Waals surface area (Å²) in [5.41, 5.74) is 6.53. The number of nitrogens with zero attached hydrogens (tertiary/aromatic N) is 2. The zero-order valence-electron chi connectivity index (χ0n) is 10.7. The fourth-order valence-electron chi connectivity index (χ4n) is 1.94. The summed E-state index contributed by atoms with van der Waals surface area (Å²) in [5, 5.41) is 2.83. The van der Waals surface area contributed by atoms with Crippen LogP contribution in [0.25, 0.3) is 0 Å². The lowest BCUT2D eigenvalue weighted by Gasteiger charge is -2.18. The standard InChI is InChI=1S/C14H18N4O/c15-6-7-17-14(19)13(18-9-8-16-11-18)10-12-4-2-1-3-5-12/h1-5,8-9,11,13H,6-7,10,15H2,(H,17,19)/t13-/m0/s1. The summed E-state index contributed by atoms with van der Waals surface area (Å²) < 4.78 is 1.82. The van der Waals surface area contributed by atoms with Crippen LogP contribution in [0.3, 0.4) is 0 Å². The van der Waals surface area contributed by atoms with Crippen molar-refractivity contribution in [3.63, 3.8) is 0 Å². The minimum Gasteiger partial charge on any atom is -0.353 e. The average Bonchev–Trinajstić information content (AvgIpc) is 2.97. The van der Waals surface area contributed by atoms with Gasteiger partial charge in [-0.3, -0.25) is 4.79 Å². The maximum absolute atomic E-state index is 12.2. The van der Waals surface area contributed by atoms with Crippen LogP contribution in [0, 0.1) is 0 Å². The van der Waals surface area contributed by atoms with Gasteiger partial charge in [-0.25, -0.2) is 4.98 Å². The molecular formula is C14H18N4O. The van der Waals surface area contributed by atoms with Crippen LogP contribution in [0.5, 0.6) is 0 Å². The smallest absolute Gasteiger partial charge is 0.243 e. The summed E-state index contributed by atoms with van der Waals surface area (Å²) in [4.78, 5) is 16.2. The van der Waals surface area contributed by atoms with Crippen LogP contribution in [-0.4, -0.2) is 28.5 Å². The molecular weight excluding hydrogens is 240 g/mol. The molecule has 1 heterocycles. The maximum Gasteiger partial charge on any atom is 0.243 e. The molecule has 0 aliphatic heterocycles. The monoisotopic (exact) mass is 258 g/mol. The Hall–Kier alpha value is -2.14. The van der Waals surface area contributed by atoms with Gasteiger partial charge in [0.05, 0.1) is 6.33 Å². The molecule has 0 aliphatic carbocycles. The third-order valence-corrected chi connectivity index (χ3v) is 2.90. The van der Waals surface area contributed by atoms with Gasteiger partial charge in [0, 0.05) is 31.9 Å². The van der Waals surface area contributed by atoms with E-state index in [-0.39, 0.29) is 11.9 Å². The molecule has 0 bridgehead atoms. The lowest BCUT2D eigenvalue weighted by atomic mass is 10.1. The molecule has 1 amide bonds. The second kappa shape index (κ2) is 6.70. The first-order chi connectivity index (χ1) is 9.31. The molecule has 0 unspecified atom stereocenters. The van der Waals surface area contributed by atoms with Crippen LogP contribution < -0.4 is 11.1 Å². The van der Waals surface area contributed by atoms with E-state index in [9.17, 15) is 4.79 Å². The van der Waals surface area contributed by atoms with E-state index < -0.39 is 0 Å². The van der Waals surface area contributed by atoms with Gasteiger partial charge in [0.15, 0.2) is 0 Å². The number of hydrogen-bond donors (Lipinski definition) is 2. The fraction of sp³-hybridized carbons (Fsp3) is 0.286. The van der Waals surface area contributed by atoms with Crippen molar-refractivity contribution in [2.24, 2.45) is 5.73 Å². The molecule has 0 saturated heterocycles. The molecule has 5 heteroatoms. The van der Waals surface area contributed by atoms with Crippen LogP contribution in [0.4, 0.5) is 0 Å². The highest BCUT2D eigenvalue weighted by atomic mass is 16.2. The zero-order chi connectivity index (χ0) is 13.5. The van der Waals surface area contributed by atoms with Gasteiger partial charge < -0.3 is 15.6 Å². The minimum atomic E-state index is -0.295. The first-order valence-electron chi connectivity index (χ1n) is 6.30. The topological polar surface area (TPSA) is 72.9 Å². The number of nitrogens with two attached hydrogens (primary N) is 1. The number of imidazole rings is 1. The van der Waals surface area contributed by atoms with E-state index in [1.54, 1.807) is 18.7 Å². The second-order valence-corrected chi connectivity index (χ2v) is 4.30. The van der Waals surface area contributed by atoms with Gasteiger partial charge in [0.1, 0.15) is 6.04 Å². The van der Waals surface area contributed by atoms with Crippen molar-refractivity contribution in [3.8, 4) is 0 Å². The van der Waals surface area contributed by atoms with Gasteiger partial charge in [-0.1, -0.05) is 30.3 Å². The van der Waals surface area contributed by atoms with Crippen molar-refractivity contribution in [2.75, 3.05) is 13.1 Å². The minimum absolute atomic E-state index is 0.0349. The predicted molar refractivity (Wildman–Crippen MR) is 73.5 cm³/mol. The second-order valence-electron chi connectivity index (χ2n) is 4.30. The molecule has 0 aliphatic rings. The molecule has 1 aromatic heterocycles. The zero-order valence-corrected chi connectivity index (χ0v) is 10.7. The molecule has 0 radical (unpaired) electrons. The molecule has 5 nitrogen and oxygen atoms in total. The fourth-order valence-corrected chi connectivity index (χ4v) is 1.94. The van der Waals surface area contributed by atoms with E-state index in [1.165, 1.54) is 0 Å². The van der Waals surface area contributed by atoms with Gasteiger partial charge in [-0.15, -0.1) is 0 Å². The number of carbonyl (C=O) groups is 1. The Morgan fingerprint density at radius 2 is 2.16 bits per heavy atom. The van der Waals surface area contributed by atoms with E-state index in [2.05, 4.69) is 10.3 Å². The van der Waals surface area contributed by atoms with Crippen LogP contribution >= 0.6 is 0 Å². The van der Waals surface area contributed by atoms with Gasteiger partial charge >= 0.3 is 0 Å². The third-order valence-electron chi connectivity index (χ3n) is 2.90. The first kappa shape index (κ1) is 13.3. The molecule has 0 spiro atoms. The highest BCUT2D eigenvalue weighted by Crippen LogP contribution is 2.14. The Labute approximate surface area is 112 Å². The quantitative estimate of drug-likeness (QED) is 0.802. The SMILES string of the molecule is NCCNC(=O)[C@H](Cc1ccccc1)n1ccnc1. The van der Waals surface area contributed by atoms with Crippen LogP contribution in [-0.2, 0) is 11.2 Å². The predicted octanol–water partition coefficient (Wildman–Crippen LogP) is 0.742.